The van der Waals surface area contributed by atoms with Crippen LogP contribution < -0.4 is 5.32 Å². The van der Waals surface area contributed by atoms with Gasteiger partial charge in [-0.15, -0.1) is 0 Å². The molecule has 1 N–H and O–H groups in total. The van der Waals surface area contributed by atoms with E-state index < -0.39 is 0 Å². The van der Waals surface area contributed by atoms with Crippen LogP contribution in [0.2, 0.25) is 0 Å². The van der Waals surface area contributed by atoms with Gasteiger partial charge in [-0.05, 0) is 63.9 Å². The highest BCUT2D eigenvalue weighted by Crippen LogP contribution is 2.23. The van der Waals surface area contributed by atoms with Gasteiger partial charge in [0.1, 0.15) is 0 Å². The first-order chi connectivity index (χ1) is 13.0. The number of hydrogen-bond donors (Lipinski definition) is 1. The first kappa shape index (κ1) is 19.5. The topological polar surface area (TPSA) is 69.7 Å². The lowest BCUT2D eigenvalue weighted by Gasteiger charge is -2.30. The average molecular weight is 371 g/mol. The maximum absolute atomic E-state index is 12.4. The lowest BCUT2D eigenvalue weighted by molar-refractivity contribution is -0.121. The number of benzene rings is 1. The van der Waals surface area contributed by atoms with Crippen molar-refractivity contribution in [2.45, 2.75) is 39.5 Å². The van der Waals surface area contributed by atoms with Crippen molar-refractivity contribution in [1.29, 1.82) is 0 Å². The molecule has 146 valence electrons. The van der Waals surface area contributed by atoms with Crippen LogP contribution in [0.3, 0.4) is 0 Å². The van der Waals surface area contributed by atoms with Gasteiger partial charge in [-0.3, -0.25) is 19.3 Å². The van der Waals surface area contributed by atoms with Gasteiger partial charge < -0.3 is 10.2 Å². The minimum absolute atomic E-state index is 0.116. The molecule has 0 atom stereocenters. The molecule has 1 aromatic carbocycles. The van der Waals surface area contributed by atoms with Crippen molar-refractivity contribution in [2.24, 2.45) is 5.92 Å². The number of hydrogen-bond acceptors (Lipinski definition) is 4. The Bertz CT molecular complexity index is 723. The number of likely N-dealkylation sites (tertiary alicyclic amines) is 1. The monoisotopic (exact) mass is 371 g/mol. The largest absolute Gasteiger partial charge is 0.356 e. The van der Waals surface area contributed by atoms with Gasteiger partial charge in [-0.2, -0.15) is 0 Å². The summed E-state index contributed by atoms with van der Waals surface area (Å²) in [4.78, 5) is 40.4. The molecule has 3 amide bonds. The predicted molar refractivity (Wildman–Crippen MR) is 104 cm³/mol. The second-order valence-corrected chi connectivity index (χ2v) is 7.79. The predicted octanol–water partition coefficient (Wildman–Crippen LogP) is 2.22. The standard InChI is InChI=1S/C21H29N3O3/c1-15-6-11-23(12-7-15)10-3-9-22-19(25)8-13-24-20(26)17-5-4-16(2)14-18(17)21(24)27/h4-5,14-15H,3,6-13H2,1-2H3,(H,22,25). The molecule has 0 spiro atoms. The quantitative estimate of drug-likeness (QED) is 0.589. The third-order valence-electron chi connectivity index (χ3n) is 5.54. The maximum Gasteiger partial charge on any atom is 0.261 e. The second-order valence-electron chi connectivity index (χ2n) is 7.79. The highest BCUT2D eigenvalue weighted by molar-refractivity contribution is 6.21. The number of amides is 3. The number of imide groups is 1. The maximum atomic E-state index is 12.4. The van der Waals surface area contributed by atoms with Gasteiger partial charge >= 0.3 is 0 Å². The summed E-state index contributed by atoms with van der Waals surface area (Å²) in [6.07, 6.45) is 3.58. The Morgan fingerprint density at radius 1 is 1.11 bits per heavy atom. The SMILES string of the molecule is Cc1ccc2c(c1)C(=O)N(CCC(=O)NCCCN1CCC(C)CC1)C2=O. The normalized spacial score (nSPS) is 18.1. The van der Waals surface area contributed by atoms with Crippen molar-refractivity contribution in [1.82, 2.24) is 15.1 Å². The fourth-order valence-electron chi connectivity index (χ4n) is 3.73. The number of nitrogens with one attached hydrogen (secondary N) is 1. The zero-order valence-electron chi connectivity index (χ0n) is 16.3. The van der Waals surface area contributed by atoms with E-state index in [0.717, 1.165) is 37.5 Å². The number of fused-ring (bicyclic) bond motifs is 1. The Hall–Kier alpha value is -2.21. The molecule has 0 unspecified atom stereocenters. The van der Waals surface area contributed by atoms with Crippen LogP contribution in [0.25, 0.3) is 0 Å². The molecule has 1 aromatic rings. The van der Waals surface area contributed by atoms with E-state index in [1.54, 1.807) is 12.1 Å². The van der Waals surface area contributed by atoms with Crippen molar-refractivity contribution in [3.05, 3.63) is 34.9 Å². The third-order valence-corrected chi connectivity index (χ3v) is 5.54. The van der Waals surface area contributed by atoms with E-state index in [9.17, 15) is 14.4 Å². The summed E-state index contributed by atoms with van der Waals surface area (Å²) >= 11 is 0. The molecule has 1 saturated heterocycles. The molecule has 27 heavy (non-hydrogen) atoms. The zero-order chi connectivity index (χ0) is 19.4. The molecule has 0 bridgehead atoms. The fraction of sp³-hybridized carbons (Fsp3) is 0.571. The van der Waals surface area contributed by atoms with E-state index in [4.69, 9.17) is 0 Å². The molecular weight excluding hydrogens is 342 g/mol. The molecule has 0 aliphatic carbocycles. The third kappa shape index (κ3) is 4.75. The molecule has 1 fully saturated rings. The van der Waals surface area contributed by atoms with E-state index >= 15 is 0 Å². The van der Waals surface area contributed by atoms with Crippen LogP contribution >= 0.6 is 0 Å². The van der Waals surface area contributed by atoms with Crippen molar-refractivity contribution in [3.8, 4) is 0 Å². The molecule has 0 radical (unpaired) electrons. The van der Waals surface area contributed by atoms with Crippen LogP contribution in [0.1, 0.15) is 58.9 Å². The molecular formula is C21H29N3O3. The summed E-state index contributed by atoms with van der Waals surface area (Å²) in [7, 11) is 0. The molecule has 2 heterocycles. The van der Waals surface area contributed by atoms with Crippen molar-refractivity contribution in [2.75, 3.05) is 32.7 Å². The highest BCUT2D eigenvalue weighted by Gasteiger charge is 2.35. The summed E-state index contributed by atoms with van der Waals surface area (Å²) in [5.41, 5.74) is 1.82. The van der Waals surface area contributed by atoms with Crippen LogP contribution in [-0.2, 0) is 4.79 Å². The Kier molecular flexibility index (Phi) is 6.26. The van der Waals surface area contributed by atoms with Crippen LogP contribution in [0.15, 0.2) is 18.2 Å². The molecule has 2 aliphatic heterocycles. The Morgan fingerprint density at radius 2 is 1.81 bits per heavy atom. The summed E-state index contributed by atoms with van der Waals surface area (Å²) in [5.74, 6) is 0.106. The summed E-state index contributed by atoms with van der Waals surface area (Å²) < 4.78 is 0. The minimum Gasteiger partial charge on any atom is -0.356 e. The lowest BCUT2D eigenvalue weighted by Crippen LogP contribution is -2.37. The minimum atomic E-state index is -0.304. The van der Waals surface area contributed by atoms with Gasteiger partial charge in [0.25, 0.3) is 11.8 Å². The van der Waals surface area contributed by atoms with E-state index in [2.05, 4.69) is 17.1 Å². The average Bonchev–Trinajstić information content (AvgIpc) is 2.88. The summed E-state index contributed by atoms with van der Waals surface area (Å²) in [6, 6.07) is 5.24. The second kappa shape index (κ2) is 8.65. The van der Waals surface area contributed by atoms with Gasteiger partial charge in [0, 0.05) is 19.5 Å². The Balaban J connectivity index is 1.37. The number of carbonyl (C=O) groups is 3. The lowest BCUT2D eigenvalue weighted by atomic mass is 9.99. The number of aryl methyl sites for hydroxylation is 1. The number of carbonyl (C=O) groups excluding carboxylic acids is 3. The molecule has 0 aromatic heterocycles. The summed E-state index contributed by atoms with van der Waals surface area (Å²) in [5, 5.41) is 2.90. The van der Waals surface area contributed by atoms with E-state index in [1.807, 2.05) is 13.0 Å². The van der Waals surface area contributed by atoms with Crippen molar-refractivity contribution >= 4 is 17.7 Å². The first-order valence-corrected chi connectivity index (χ1v) is 9.91. The van der Waals surface area contributed by atoms with Crippen molar-refractivity contribution in [3.63, 3.8) is 0 Å². The number of rotatable bonds is 7. The van der Waals surface area contributed by atoms with E-state index in [-0.39, 0.29) is 30.7 Å². The van der Waals surface area contributed by atoms with Gasteiger partial charge in [-0.25, -0.2) is 0 Å². The van der Waals surface area contributed by atoms with Crippen LogP contribution in [0.4, 0.5) is 0 Å². The molecule has 0 saturated carbocycles. The Morgan fingerprint density at radius 3 is 2.56 bits per heavy atom. The van der Waals surface area contributed by atoms with Gasteiger partial charge in [0.2, 0.25) is 5.91 Å². The van der Waals surface area contributed by atoms with Crippen LogP contribution in [0.5, 0.6) is 0 Å². The van der Waals surface area contributed by atoms with Gasteiger partial charge in [0.05, 0.1) is 11.1 Å². The van der Waals surface area contributed by atoms with E-state index in [1.165, 1.54) is 17.7 Å². The fourth-order valence-corrected chi connectivity index (χ4v) is 3.73. The van der Waals surface area contributed by atoms with Gasteiger partial charge in [0.15, 0.2) is 0 Å². The Labute approximate surface area is 160 Å². The smallest absolute Gasteiger partial charge is 0.261 e. The number of piperidine rings is 1. The first-order valence-electron chi connectivity index (χ1n) is 9.91. The number of nitrogens with zero attached hydrogens (tertiary/aromatic N) is 2. The van der Waals surface area contributed by atoms with Crippen molar-refractivity contribution < 1.29 is 14.4 Å². The highest BCUT2D eigenvalue weighted by atomic mass is 16.2. The molecule has 2 aliphatic rings. The van der Waals surface area contributed by atoms with Gasteiger partial charge in [-0.1, -0.05) is 18.6 Å². The zero-order valence-corrected chi connectivity index (χ0v) is 16.3. The molecule has 6 heteroatoms. The summed E-state index contributed by atoms with van der Waals surface area (Å²) in [6.45, 7) is 8.24. The van der Waals surface area contributed by atoms with Crippen LogP contribution in [-0.4, -0.2) is 60.2 Å². The molecule has 6 nitrogen and oxygen atoms in total. The van der Waals surface area contributed by atoms with Crippen LogP contribution in [0, 0.1) is 12.8 Å². The van der Waals surface area contributed by atoms with E-state index in [0.29, 0.717) is 17.7 Å². The molecule has 3 rings (SSSR count).